The molecule has 4 rings (SSSR count). The molecule has 1 amide bonds. The van der Waals surface area contributed by atoms with Crippen molar-refractivity contribution in [2.24, 2.45) is 4.99 Å². The van der Waals surface area contributed by atoms with Crippen LogP contribution >= 0.6 is 0 Å². The zero-order valence-electron chi connectivity index (χ0n) is 21.5. The summed E-state index contributed by atoms with van der Waals surface area (Å²) in [5.74, 6) is -0.898. The summed E-state index contributed by atoms with van der Waals surface area (Å²) in [5, 5.41) is 11.6. The van der Waals surface area contributed by atoms with Gasteiger partial charge in [0, 0.05) is 31.6 Å². The molecule has 2 atom stereocenters. The number of ether oxygens (including phenoxy) is 2. The molecule has 0 spiro atoms. The van der Waals surface area contributed by atoms with E-state index in [4.69, 9.17) is 19.6 Å². The van der Waals surface area contributed by atoms with E-state index in [0.29, 0.717) is 36.0 Å². The number of nitrogens with zero attached hydrogens (tertiary/aromatic N) is 1. The van der Waals surface area contributed by atoms with Gasteiger partial charge in [-0.1, -0.05) is 36.4 Å². The molecule has 0 unspecified atom stereocenters. The fourth-order valence-corrected chi connectivity index (χ4v) is 4.41. The molecule has 0 fully saturated rings. The number of aliphatic hydroxyl groups is 1. The minimum absolute atomic E-state index is 0.0136. The SMILES string of the molecule is C=CC[C@@]1(C(=O)NCc2cc(F)cc(C(F)(F)F)c2)N=C(c2ccc(OCCCO)cc2)O[C@@H]1c1ccccc1. The molecule has 1 aliphatic heterocycles. The summed E-state index contributed by atoms with van der Waals surface area (Å²) in [4.78, 5) is 18.5. The average Bonchev–Trinajstić information content (AvgIpc) is 3.33. The summed E-state index contributed by atoms with van der Waals surface area (Å²) in [6.07, 6.45) is -3.54. The van der Waals surface area contributed by atoms with E-state index >= 15 is 0 Å². The molecule has 3 aromatic carbocycles. The van der Waals surface area contributed by atoms with E-state index in [1.165, 1.54) is 6.08 Å². The Labute approximate surface area is 229 Å². The predicted octanol–water partition coefficient (Wildman–Crippen LogP) is 5.76. The standard InChI is InChI=1S/C30H28F4N2O4/c1-2-13-29(28(38)35-19-20-16-23(30(32,33)34)18-24(31)17-20)26(21-7-4-3-5-8-21)40-27(36-29)22-9-11-25(12-10-22)39-15-6-14-37/h2-5,7-12,16-18,26,37H,1,6,13-15,19H2,(H,35,38)/t26-,29-/m1/s1. The molecule has 3 aromatic rings. The van der Waals surface area contributed by atoms with Crippen molar-refractivity contribution in [3.05, 3.63) is 114 Å². The van der Waals surface area contributed by atoms with E-state index in [-0.39, 0.29) is 31.0 Å². The van der Waals surface area contributed by atoms with Gasteiger partial charge in [0.25, 0.3) is 5.91 Å². The van der Waals surface area contributed by atoms with E-state index in [2.05, 4.69) is 11.9 Å². The van der Waals surface area contributed by atoms with Crippen molar-refractivity contribution in [1.29, 1.82) is 0 Å². The molecule has 10 heteroatoms. The minimum Gasteiger partial charge on any atom is -0.494 e. The number of hydrogen-bond donors (Lipinski definition) is 2. The van der Waals surface area contributed by atoms with Crippen LogP contribution in [0.15, 0.2) is 90.4 Å². The van der Waals surface area contributed by atoms with Gasteiger partial charge < -0.3 is 19.9 Å². The van der Waals surface area contributed by atoms with Crippen molar-refractivity contribution in [3.63, 3.8) is 0 Å². The highest BCUT2D eigenvalue weighted by Gasteiger charge is 2.52. The highest BCUT2D eigenvalue weighted by Crippen LogP contribution is 2.42. The summed E-state index contributed by atoms with van der Waals surface area (Å²) >= 11 is 0. The normalized spacial score (nSPS) is 18.5. The molecule has 0 bridgehead atoms. The lowest BCUT2D eigenvalue weighted by atomic mass is 9.84. The number of nitrogens with one attached hydrogen (secondary N) is 1. The third-order valence-corrected chi connectivity index (χ3v) is 6.33. The van der Waals surface area contributed by atoms with Gasteiger partial charge in [0.05, 0.1) is 12.2 Å². The van der Waals surface area contributed by atoms with Crippen LogP contribution < -0.4 is 10.1 Å². The fourth-order valence-electron chi connectivity index (χ4n) is 4.41. The molecular formula is C30H28F4N2O4. The quantitative estimate of drug-likeness (QED) is 0.179. The Balaban J connectivity index is 1.65. The fraction of sp³-hybridized carbons (Fsp3) is 0.267. The van der Waals surface area contributed by atoms with E-state index in [1.54, 1.807) is 48.5 Å². The first kappa shape index (κ1) is 28.8. The molecule has 0 saturated carbocycles. The van der Waals surface area contributed by atoms with Gasteiger partial charge in [-0.25, -0.2) is 9.38 Å². The first-order valence-electron chi connectivity index (χ1n) is 12.6. The first-order valence-corrected chi connectivity index (χ1v) is 12.6. The molecule has 6 nitrogen and oxygen atoms in total. The van der Waals surface area contributed by atoms with Crippen molar-refractivity contribution in [2.75, 3.05) is 13.2 Å². The summed E-state index contributed by atoms with van der Waals surface area (Å²) < 4.78 is 65.3. The Morgan fingerprint density at radius 3 is 2.50 bits per heavy atom. The second-order valence-corrected chi connectivity index (χ2v) is 9.22. The maximum Gasteiger partial charge on any atom is 0.416 e. The summed E-state index contributed by atoms with van der Waals surface area (Å²) in [6.45, 7) is 3.79. The Kier molecular flexibility index (Phi) is 8.89. The highest BCUT2D eigenvalue weighted by molar-refractivity contribution is 6.01. The number of benzene rings is 3. The molecular weight excluding hydrogens is 528 g/mol. The van der Waals surface area contributed by atoms with Gasteiger partial charge >= 0.3 is 6.18 Å². The van der Waals surface area contributed by atoms with Crippen molar-refractivity contribution < 1.29 is 36.9 Å². The topological polar surface area (TPSA) is 80.2 Å². The Morgan fingerprint density at radius 1 is 1.12 bits per heavy atom. The van der Waals surface area contributed by atoms with E-state index in [9.17, 15) is 22.4 Å². The summed E-state index contributed by atoms with van der Waals surface area (Å²) in [7, 11) is 0. The van der Waals surface area contributed by atoms with Crippen molar-refractivity contribution in [1.82, 2.24) is 5.32 Å². The maximum atomic E-state index is 13.9. The molecule has 210 valence electrons. The van der Waals surface area contributed by atoms with E-state index in [0.717, 1.165) is 12.1 Å². The second-order valence-electron chi connectivity index (χ2n) is 9.22. The maximum absolute atomic E-state index is 13.9. The van der Waals surface area contributed by atoms with Crippen LogP contribution in [0.2, 0.25) is 0 Å². The first-order chi connectivity index (χ1) is 19.2. The lowest BCUT2D eigenvalue weighted by Crippen LogP contribution is -2.47. The summed E-state index contributed by atoms with van der Waals surface area (Å²) in [5.41, 5.74) is -1.49. The van der Waals surface area contributed by atoms with E-state index < -0.39 is 35.1 Å². The van der Waals surface area contributed by atoms with Crippen LogP contribution in [-0.2, 0) is 22.3 Å². The number of aliphatic hydroxyl groups excluding tert-OH is 1. The zero-order chi connectivity index (χ0) is 28.8. The number of alkyl halides is 3. The molecule has 0 aromatic heterocycles. The predicted molar refractivity (Wildman–Crippen MR) is 141 cm³/mol. The van der Waals surface area contributed by atoms with Crippen LogP contribution in [0.25, 0.3) is 0 Å². The van der Waals surface area contributed by atoms with Gasteiger partial charge in [-0.2, -0.15) is 13.2 Å². The second kappa shape index (κ2) is 12.3. The Bertz CT molecular complexity index is 1360. The number of aliphatic imine (C=N–C) groups is 1. The van der Waals surface area contributed by atoms with Crippen LogP contribution in [0.1, 0.15) is 41.2 Å². The molecule has 1 aliphatic rings. The number of halogens is 4. The number of hydrogen-bond acceptors (Lipinski definition) is 5. The molecule has 2 N–H and O–H groups in total. The number of carbonyl (C=O) groups excluding carboxylic acids is 1. The third-order valence-electron chi connectivity index (χ3n) is 6.33. The number of rotatable bonds is 11. The Morgan fingerprint density at radius 2 is 1.85 bits per heavy atom. The van der Waals surface area contributed by atoms with Crippen molar-refractivity contribution >= 4 is 11.8 Å². The highest BCUT2D eigenvalue weighted by atomic mass is 19.4. The van der Waals surface area contributed by atoms with Crippen molar-refractivity contribution in [2.45, 2.75) is 37.2 Å². The smallest absolute Gasteiger partial charge is 0.416 e. The Hall–Kier alpha value is -4.18. The zero-order valence-corrected chi connectivity index (χ0v) is 21.5. The molecule has 0 saturated heterocycles. The van der Waals surface area contributed by atoms with Crippen LogP contribution in [0, 0.1) is 5.82 Å². The van der Waals surface area contributed by atoms with Crippen molar-refractivity contribution in [3.8, 4) is 5.75 Å². The van der Waals surface area contributed by atoms with Crippen LogP contribution in [0.5, 0.6) is 5.75 Å². The van der Waals surface area contributed by atoms with Gasteiger partial charge in [-0.15, -0.1) is 6.58 Å². The minimum atomic E-state index is -4.73. The summed E-state index contributed by atoms with van der Waals surface area (Å²) in [6, 6.07) is 18.0. The number of carbonyl (C=O) groups is 1. The molecule has 0 aliphatic carbocycles. The third kappa shape index (κ3) is 6.51. The van der Waals surface area contributed by atoms with Crippen LogP contribution in [0.3, 0.4) is 0 Å². The van der Waals surface area contributed by atoms with Gasteiger partial charge in [-0.05, 0) is 53.6 Å². The molecule has 40 heavy (non-hydrogen) atoms. The monoisotopic (exact) mass is 556 g/mol. The van der Waals surface area contributed by atoms with Crippen LogP contribution in [0.4, 0.5) is 17.6 Å². The van der Waals surface area contributed by atoms with Gasteiger partial charge in [0.15, 0.2) is 11.6 Å². The molecule has 1 heterocycles. The lowest BCUT2D eigenvalue weighted by molar-refractivity contribution is -0.137. The van der Waals surface area contributed by atoms with Crippen LogP contribution in [-0.4, -0.2) is 35.7 Å². The van der Waals surface area contributed by atoms with E-state index in [1.807, 2.05) is 6.07 Å². The molecule has 0 radical (unpaired) electrons. The van der Waals surface area contributed by atoms with Gasteiger partial charge in [0.2, 0.25) is 5.90 Å². The number of amides is 1. The van der Waals surface area contributed by atoms with Gasteiger partial charge in [-0.3, -0.25) is 4.79 Å². The largest absolute Gasteiger partial charge is 0.494 e. The average molecular weight is 557 g/mol. The van der Waals surface area contributed by atoms with Gasteiger partial charge in [0.1, 0.15) is 11.6 Å². The lowest BCUT2D eigenvalue weighted by Gasteiger charge is -2.29.